The van der Waals surface area contributed by atoms with E-state index in [0.717, 1.165) is 32.1 Å². The largest absolute Gasteiger partial charge is 0.356 e. The molecule has 0 amide bonds. The molecule has 30 heavy (non-hydrogen) atoms. The molecule has 3 aliphatic rings. The van der Waals surface area contributed by atoms with Crippen LogP contribution in [0, 0.1) is 6.92 Å². The first kappa shape index (κ1) is 17.8. The van der Waals surface area contributed by atoms with Crippen LogP contribution in [-0.2, 0) is 18.3 Å². The highest BCUT2D eigenvalue weighted by Crippen LogP contribution is 2.54. The lowest BCUT2D eigenvalue weighted by Crippen LogP contribution is -2.32. The van der Waals surface area contributed by atoms with E-state index in [2.05, 4.69) is 91.1 Å². The number of benzene rings is 3. The minimum atomic E-state index is -0.00422. The molecule has 0 heterocycles. The van der Waals surface area contributed by atoms with Gasteiger partial charge in [-0.2, -0.15) is 0 Å². The Morgan fingerprint density at radius 2 is 1.60 bits per heavy atom. The van der Waals surface area contributed by atoms with Crippen molar-refractivity contribution in [1.29, 1.82) is 0 Å². The molecule has 1 nitrogen and oxygen atoms in total. The summed E-state index contributed by atoms with van der Waals surface area (Å²) in [5, 5.41) is 3.64. The van der Waals surface area contributed by atoms with Crippen molar-refractivity contribution < 1.29 is 0 Å². The standard InChI is InChI=1S/C29H27N/c1-20-11-13-27-22(17-20)18-23-19-25(30-24-8-3-2-4-9-24)12-14-28(23)29(27)16-15-21-7-5-6-10-26(21)29/h3,5-14,17,19,30H,2,4,15-16,18H2,1H3. The third kappa shape index (κ3) is 2.61. The van der Waals surface area contributed by atoms with Gasteiger partial charge in [-0.1, -0.05) is 66.2 Å². The number of hydrogen-bond donors (Lipinski definition) is 1. The Kier molecular flexibility index (Phi) is 3.99. The molecule has 3 aromatic rings. The molecule has 1 unspecified atom stereocenters. The second-order valence-electron chi connectivity index (χ2n) is 9.04. The summed E-state index contributed by atoms with van der Waals surface area (Å²) >= 11 is 0. The van der Waals surface area contributed by atoms with E-state index >= 15 is 0 Å². The molecule has 148 valence electrons. The van der Waals surface area contributed by atoms with Crippen LogP contribution in [0.15, 0.2) is 84.6 Å². The van der Waals surface area contributed by atoms with Gasteiger partial charge in [-0.25, -0.2) is 0 Å². The number of allylic oxidation sites excluding steroid dienone is 3. The van der Waals surface area contributed by atoms with Crippen molar-refractivity contribution >= 4 is 5.69 Å². The summed E-state index contributed by atoms with van der Waals surface area (Å²) in [5.41, 5.74) is 12.8. The van der Waals surface area contributed by atoms with Crippen LogP contribution in [0.2, 0.25) is 0 Å². The van der Waals surface area contributed by atoms with E-state index in [4.69, 9.17) is 0 Å². The topological polar surface area (TPSA) is 12.0 Å². The molecule has 1 heteroatoms. The number of rotatable bonds is 2. The fraction of sp³-hybridized carbons (Fsp3) is 0.241. The Bertz CT molecular complexity index is 1210. The van der Waals surface area contributed by atoms with Gasteiger partial charge in [-0.3, -0.25) is 0 Å². The minimum absolute atomic E-state index is 0.00422. The maximum Gasteiger partial charge on any atom is 0.0462 e. The lowest BCUT2D eigenvalue weighted by Gasteiger charge is -2.39. The van der Waals surface area contributed by atoms with Gasteiger partial charge in [0.1, 0.15) is 0 Å². The van der Waals surface area contributed by atoms with Gasteiger partial charge in [0.2, 0.25) is 0 Å². The van der Waals surface area contributed by atoms with Crippen molar-refractivity contribution in [2.24, 2.45) is 0 Å². The molecular formula is C29H27N. The van der Waals surface area contributed by atoms with E-state index in [1.165, 1.54) is 50.3 Å². The molecule has 3 aliphatic carbocycles. The summed E-state index contributed by atoms with van der Waals surface area (Å²) in [6.07, 6.45) is 12.4. The highest BCUT2D eigenvalue weighted by atomic mass is 14.9. The van der Waals surface area contributed by atoms with Gasteiger partial charge in [0.15, 0.2) is 0 Å². The molecule has 0 bridgehead atoms. The number of aryl methyl sites for hydroxylation is 2. The number of fused-ring (bicyclic) bond motifs is 6. The van der Waals surface area contributed by atoms with Crippen LogP contribution in [0.5, 0.6) is 0 Å². The van der Waals surface area contributed by atoms with Crippen molar-refractivity contribution in [1.82, 2.24) is 0 Å². The van der Waals surface area contributed by atoms with Crippen molar-refractivity contribution in [3.63, 3.8) is 0 Å². The number of nitrogens with one attached hydrogen (secondary N) is 1. The predicted octanol–water partition coefficient (Wildman–Crippen LogP) is 6.83. The Hall–Kier alpha value is -3.06. The first-order valence-corrected chi connectivity index (χ1v) is 11.2. The number of hydrogen-bond acceptors (Lipinski definition) is 1. The van der Waals surface area contributed by atoms with Gasteiger partial charge in [0.25, 0.3) is 0 Å². The normalized spacial score (nSPS) is 21.0. The highest BCUT2D eigenvalue weighted by molar-refractivity contribution is 5.67. The average Bonchev–Trinajstić information content (AvgIpc) is 3.14. The molecule has 0 aromatic heterocycles. The fourth-order valence-electron chi connectivity index (χ4n) is 5.91. The van der Waals surface area contributed by atoms with Crippen molar-refractivity contribution in [2.75, 3.05) is 5.32 Å². The van der Waals surface area contributed by atoms with Gasteiger partial charge in [0, 0.05) is 16.8 Å². The maximum atomic E-state index is 3.64. The van der Waals surface area contributed by atoms with Gasteiger partial charge in [-0.15, -0.1) is 0 Å². The summed E-state index contributed by atoms with van der Waals surface area (Å²) in [7, 11) is 0. The van der Waals surface area contributed by atoms with E-state index < -0.39 is 0 Å². The van der Waals surface area contributed by atoms with Crippen LogP contribution >= 0.6 is 0 Å². The summed E-state index contributed by atoms with van der Waals surface area (Å²) in [4.78, 5) is 0. The second kappa shape index (κ2) is 6.74. The van der Waals surface area contributed by atoms with Crippen LogP contribution in [0.25, 0.3) is 0 Å². The van der Waals surface area contributed by atoms with Crippen LogP contribution in [0.1, 0.15) is 58.2 Å². The molecule has 3 aromatic carbocycles. The highest BCUT2D eigenvalue weighted by Gasteiger charge is 2.46. The van der Waals surface area contributed by atoms with Gasteiger partial charge >= 0.3 is 0 Å². The molecule has 1 N–H and O–H groups in total. The van der Waals surface area contributed by atoms with E-state index in [9.17, 15) is 0 Å². The predicted molar refractivity (Wildman–Crippen MR) is 125 cm³/mol. The van der Waals surface area contributed by atoms with Crippen molar-refractivity contribution in [2.45, 2.75) is 44.4 Å². The zero-order valence-corrected chi connectivity index (χ0v) is 17.5. The molecule has 6 rings (SSSR count). The molecule has 1 spiro atoms. The van der Waals surface area contributed by atoms with E-state index in [0.29, 0.717) is 0 Å². The summed E-state index contributed by atoms with van der Waals surface area (Å²) in [6.45, 7) is 2.21. The maximum absolute atomic E-state index is 3.64. The molecule has 0 saturated carbocycles. The SMILES string of the molecule is Cc1ccc2c(c1)Cc1cc(NC3=CCCC=C3)ccc1C21CCc2ccccc21. The van der Waals surface area contributed by atoms with E-state index in [1.807, 2.05) is 0 Å². The minimum Gasteiger partial charge on any atom is -0.356 e. The quantitative estimate of drug-likeness (QED) is 0.507. The molecule has 0 radical (unpaired) electrons. The van der Waals surface area contributed by atoms with Crippen LogP contribution in [-0.4, -0.2) is 0 Å². The molecule has 0 aliphatic heterocycles. The summed E-state index contributed by atoms with van der Waals surface area (Å²) < 4.78 is 0. The van der Waals surface area contributed by atoms with Crippen LogP contribution in [0.3, 0.4) is 0 Å². The van der Waals surface area contributed by atoms with Gasteiger partial charge in [-0.05, 0) is 90.6 Å². The Morgan fingerprint density at radius 3 is 2.47 bits per heavy atom. The van der Waals surface area contributed by atoms with Crippen molar-refractivity contribution in [3.05, 3.63) is 124 Å². The third-order valence-electron chi connectivity index (χ3n) is 7.20. The Labute approximate surface area is 179 Å². The number of anilines is 1. The lowest BCUT2D eigenvalue weighted by atomic mass is 9.63. The Morgan fingerprint density at radius 1 is 0.800 bits per heavy atom. The molecule has 0 fully saturated rings. The zero-order valence-electron chi connectivity index (χ0n) is 17.5. The molecule has 1 atom stereocenters. The zero-order chi connectivity index (χ0) is 20.1. The van der Waals surface area contributed by atoms with E-state index in [1.54, 1.807) is 0 Å². The lowest BCUT2D eigenvalue weighted by molar-refractivity contribution is 0.586. The first-order chi connectivity index (χ1) is 14.7. The smallest absolute Gasteiger partial charge is 0.0462 e. The second-order valence-corrected chi connectivity index (χ2v) is 9.04. The fourth-order valence-corrected chi connectivity index (χ4v) is 5.91. The first-order valence-electron chi connectivity index (χ1n) is 11.2. The van der Waals surface area contributed by atoms with Crippen LogP contribution in [0.4, 0.5) is 5.69 Å². The van der Waals surface area contributed by atoms with Crippen molar-refractivity contribution in [3.8, 4) is 0 Å². The monoisotopic (exact) mass is 389 g/mol. The van der Waals surface area contributed by atoms with Gasteiger partial charge < -0.3 is 5.32 Å². The van der Waals surface area contributed by atoms with Crippen LogP contribution < -0.4 is 5.32 Å². The molecular weight excluding hydrogens is 362 g/mol. The Balaban J connectivity index is 1.52. The van der Waals surface area contributed by atoms with E-state index in [-0.39, 0.29) is 5.41 Å². The summed E-state index contributed by atoms with van der Waals surface area (Å²) in [5.74, 6) is 0. The average molecular weight is 390 g/mol. The van der Waals surface area contributed by atoms with Gasteiger partial charge in [0.05, 0.1) is 0 Å². The molecule has 0 saturated heterocycles. The third-order valence-corrected chi connectivity index (χ3v) is 7.20. The summed E-state index contributed by atoms with van der Waals surface area (Å²) in [6, 6.07) is 23.3.